The molecule has 2 aromatic rings. The summed E-state index contributed by atoms with van der Waals surface area (Å²) in [5, 5.41) is 5.74. The molecule has 0 spiro atoms. The van der Waals surface area contributed by atoms with Gasteiger partial charge in [0.2, 0.25) is 0 Å². The Kier molecular flexibility index (Phi) is 5.13. The highest BCUT2D eigenvalue weighted by Crippen LogP contribution is 2.37. The lowest BCUT2D eigenvalue weighted by molar-refractivity contribution is 0.0237. The Morgan fingerprint density at radius 2 is 1.81 bits per heavy atom. The first-order valence-corrected chi connectivity index (χ1v) is 8.50. The van der Waals surface area contributed by atoms with Gasteiger partial charge in [-0.15, -0.1) is 0 Å². The molecule has 2 N–H and O–H groups in total. The molecule has 26 heavy (non-hydrogen) atoms. The van der Waals surface area contributed by atoms with Gasteiger partial charge in [0.05, 0.1) is 25.4 Å². The molecule has 5 nitrogen and oxygen atoms in total. The number of methoxy groups -OCH3 is 1. The minimum atomic E-state index is -0.509. The lowest BCUT2D eigenvalue weighted by atomic mass is 9.86. The predicted octanol–water partition coefficient (Wildman–Crippen LogP) is 3.92. The number of halogens is 1. The van der Waals surface area contributed by atoms with Crippen molar-refractivity contribution in [2.24, 2.45) is 0 Å². The third-order valence-electron chi connectivity index (χ3n) is 4.72. The summed E-state index contributed by atoms with van der Waals surface area (Å²) in [6.07, 6.45) is 0. The third kappa shape index (κ3) is 3.96. The lowest BCUT2D eigenvalue weighted by Crippen LogP contribution is -2.50. The third-order valence-corrected chi connectivity index (χ3v) is 4.72. The Hall–Kier alpha value is -2.60. The van der Waals surface area contributed by atoms with E-state index in [2.05, 4.69) is 10.6 Å². The van der Waals surface area contributed by atoms with Crippen LogP contribution < -0.4 is 15.4 Å². The minimum Gasteiger partial charge on any atom is -0.497 e. The van der Waals surface area contributed by atoms with E-state index in [9.17, 15) is 9.18 Å². The van der Waals surface area contributed by atoms with Crippen molar-refractivity contribution < 1.29 is 18.7 Å². The molecule has 2 atom stereocenters. The average Bonchev–Trinajstić information content (AvgIpc) is 2.92. The molecule has 0 radical (unpaired) electrons. The van der Waals surface area contributed by atoms with Crippen LogP contribution in [-0.4, -0.2) is 31.4 Å². The molecule has 0 bridgehead atoms. The molecule has 6 heteroatoms. The van der Waals surface area contributed by atoms with Gasteiger partial charge in [0.15, 0.2) is 0 Å². The summed E-state index contributed by atoms with van der Waals surface area (Å²) < 4.78 is 24.1. The molecule has 0 unspecified atom stereocenters. The fraction of sp³-hybridized carbons (Fsp3) is 0.350. The second kappa shape index (κ2) is 7.33. The zero-order valence-corrected chi connectivity index (χ0v) is 15.1. The van der Waals surface area contributed by atoms with Crippen LogP contribution in [0.15, 0.2) is 48.5 Å². The van der Waals surface area contributed by atoms with Gasteiger partial charge in [-0.2, -0.15) is 0 Å². The van der Waals surface area contributed by atoms with Crippen molar-refractivity contribution in [3.8, 4) is 5.75 Å². The van der Waals surface area contributed by atoms with Crippen LogP contribution in [0.1, 0.15) is 25.3 Å². The lowest BCUT2D eigenvalue weighted by Gasteiger charge is -2.30. The number of carbonyl (C=O) groups is 1. The summed E-state index contributed by atoms with van der Waals surface area (Å²) in [7, 11) is 1.63. The monoisotopic (exact) mass is 358 g/mol. The number of carbonyl (C=O) groups excluding carboxylic acids is 1. The first kappa shape index (κ1) is 18.2. The number of urea groups is 1. The SMILES string of the molecule is COc1ccc([C@H]2COC(C)(C)[C@H]2NC(=O)Nc2ccc(F)cc2)cc1. The Balaban J connectivity index is 1.73. The van der Waals surface area contributed by atoms with Crippen molar-refractivity contribution in [2.45, 2.75) is 31.4 Å². The van der Waals surface area contributed by atoms with E-state index in [-0.39, 0.29) is 23.8 Å². The van der Waals surface area contributed by atoms with E-state index in [1.54, 1.807) is 7.11 Å². The van der Waals surface area contributed by atoms with Gasteiger partial charge in [0.25, 0.3) is 0 Å². The van der Waals surface area contributed by atoms with Crippen LogP contribution in [0, 0.1) is 5.82 Å². The molecule has 1 fully saturated rings. The van der Waals surface area contributed by atoms with Gasteiger partial charge < -0.3 is 20.1 Å². The summed E-state index contributed by atoms with van der Waals surface area (Å²) in [6, 6.07) is 12.9. The smallest absolute Gasteiger partial charge is 0.319 e. The number of rotatable bonds is 4. The number of ether oxygens (including phenoxy) is 2. The number of nitrogens with one attached hydrogen (secondary N) is 2. The fourth-order valence-electron chi connectivity index (χ4n) is 3.23. The van der Waals surface area contributed by atoms with Crippen LogP contribution in [0.5, 0.6) is 5.75 Å². The van der Waals surface area contributed by atoms with Gasteiger partial charge >= 0.3 is 6.03 Å². The molecular formula is C20H23FN2O3. The Morgan fingerprint density at radius 3 is 2.42 bits per heavy atom. The van der Waals surface area contributed by atoms with E-state index in [4.69, 9.17) is 9.47 Å². The normalized spacial score (nSPS) is 21.2. The van der Waals surface area contributed by atoms with E-state index in [1.807, 2.05) is 38.1 Å². The van der Waals surface area contributed by atoms with Crippen LogP contribution in [0.3, 0.4) is 0 Å². The first-order valence-electron chi connectivity index (χ1n) is 8.50. The van der Waals surface area contributed by atoms with E-state index in [0.29, 0.717) is 12.3 Å². The zero-order chi connectivity index (χ0) is 18.7. The van der Waals surface area contributed by atoms with Crippen molar-refractivity contribution in [2.75, 3.05) is 19.0 Å². The zero-order valence-electron chi connectivity index (χ0n) is 15.1. The topological polar surface area (TPSA) is 59.6 Å². The first-order chi connectivity index (χ1) is 12.4. The molecule has 1 heterocycles. The number of benzene rings is 2. The van der Waals surface area contributed by atoms with Gasteiger partial charge in [-0.3, -0.25) is 0 Å². The maximum Gasteiger partial charge on any atom is 0.319 e. The van der Waals surface area contributed by atoms with Gasteiger partial charge in [0.1, 0.15) is 11.6 Å². The number of anilines is 1. The van der Waals surface area contributed by atoms with Crippen LogP contribution in [0.25, 0.3) is 0 Å². The second-order valence-corrected chi connectivity index (χ2v) is 6.88. The Morgan fingerprint density at radius 1 is 1.15 bits per heavy atom. The molecule has 0 saturated carbocycles. The Bertz CT molecular complexity index is 760. The van der Waals surface area contributed by atoms with E-state index >= 15 is 0 Å². The maximum atomic E-state index is 13.0. The van der Waals surface area contributed by atoms with E-state index < -0.39 is 5.60 Å². The average molecular weight is 358 g/mol. The maximum absolute atomic E-state index is 13.0. The van der Waals surface area contributed by atoms with Crippen LogP contribution in [0.2, 0.25) is 0 Å². The second-order valence-electron chi connectivity index (χ2n) is 6.88. The minimum absolute atomic E-state index is 0.0230. The predicted molar refractivity (Wildman–Crippen MR) is 98.1 cm³/mol. The van der Waals surface area contributed by atoms with Crippen molar-refractivity contribution in [3.05, 3.63) is 59.9 Å². The Labute approximate surface area is 152 Å². The summed E-state index contributed by atoms with van der Waals surface area (Å²) in [4.78, 5) is 12.4. The summed E-state index contributed by atoms with van der Waals surface area (Å²) >= 11 is 0. The molecule has 0 aromatic heterocycles. The molecule has 1 aliphatic heterocycles. The van der Waals surface area contributed by atoms with Crippen molar-refractivity contribution in [1.82, 2.24) is 5.32 Å². The van der Waals surface area contributed by atoms with Gasteiger partial charge in [-0.25, -0.2) is 9.18 Å². The van der Waals surface area contributed by atoms with Crippen LogP contribution >= 0.6 is 0 Å². The van der Waals surface area contributed by atoms with Crippen molar-refractivity contribution >= 4 is 11.7 Å². The van der Waals surface area contributed by atoms with Gasteiger partial charge in [0, 0.05) is 11.6 Å². The number of hydrogen-bond donors (Lipinski definition) is 2. The molecule has 138 valence electrons. The largest absolute Gasteiger partial charge is 0.497 e. The summed E-state index contributed by atoms with van der Waals surface area (Å²) in [5.74, 6) is 0.459. The van der Waals surface area contributed by atoms with E-state index in [0.717, 1.165) is 11.3 Å². The van der Waals surface area contributed by atoms with Crippen LogP contribution in [0.4, 0.5) is 14.9 Å². The molecule has 0 aliphatic carbocycles. The van der Waals surface area contributed by atoms with Crippen molar-refractivity contribution in [1.29, 1.82) is 0 Å². The molecule has 1 saturated heterocycles. The van der Waals surface area contributed by atoms with Gasteiger partial charge in [-0.1, -0.05) is 12.1 Å². The summed E-state index contributed by atoms with van der Waals surface area (Å²) in [5.41, 5.74) is 1.09. The molecule has 3 rings (SSSR count). The molecule has 1 aliphatic rings. The van der Waals surface area contributed by atoms with Crippen LogP contribution in [-0.2, 0) is 4.74 Å². The molecule has 2 amide bonds. The number of hydrogen-bond acceptors (Lipinski definition) is 3. The highest BCUT2D eigenvalue weighted by molar-refractivity contribution is 5.89. The highest BCUT2D eigenvalue weighted by Gasteiger charge is 2.44. The van der Waals surface area contributed by atoms with Gasteiger partial charge in [-0.05, 0) is 55.8 Å². The standard InChI is InChI=1S/C20H23FN2O3/c1-20(2)18(23-19(24)22-15-8-6-14(21)7-9-15)17(12-26-20)13-4-10-16(25-3)11-5-13/h4-11,17-18H,12H2,1-3H3,(H2,22,23,24)/t17-,18+/m1/s1. The quantitative estimate of drug-likeness (QED) is 0.871. The summed E-state index contributed by atoms with van der Waals surface area (Å²) in [6.45, 7) is 4.43. The molecular weight excluding hydrogens is 335 g/mol. The fourth-order valence-corrected chi connectivity index (χ4v) is 3.23. The highest BCUT2D eigenvalue weighted by atomic mass is 19.1. The van der Waals surface area contributed by atoms with E-state index in [1.165, 1.54) is 24.3 Å². The number of amides is 2. The molecule has 2 aromatic carbocycles. The van der Waals surface area contributed by atoms with Crippen molar-refractivity contribution in [3.63, 3.8) is 0 Å².